The van der Waals surface area contributed by atoms with E-state index in [-0.39, 0.29) is 0 Å². The van der Waals surface area contributed by atoms with Gasteiger partial charge in [0, 0.05) is 38.1 Å². The van der Waals surface area contributed by atoms with Gasteiger partial charge < -0.3 is 9.88 Å². The number of nitrogens with zero attached hydrogens (tertiary/aromatic N) is 3. The van der Waals surface area contributed by atoms with Crippen LogP contribution in [0.3, 0.4) is 0 Å². The van der Waals surface area contributed by atoms with E-state index in [1.54, 1.807) is 0 Å². The van der Waals surface area contributed by atoms with Gasteiger partial charge in [-0.15, -0.1) is 0 Å². The summed E-state index contributed by atoms with van der Waals surface area (Å²) in [4.78, 5) is 7.04. The van der Waals surface area contributed by atoms with Gasteiger partial charge in [-0.05, 0) is 18.4 Å². The van der Waals surface area contributed by atoms with Crippen LogP contribution in [0.25, 0.3) is 0 Å². The van der Waals surface area contributed by atoms with Gasteiger partial charge in [0.2, 0.25) is 0 Å². The number of fused-ring (bicyclic) bond motifs is 1. The largest absolute Gasteiger partial charge is 0.333 e. The Labute approximate surface area is 117 Å². The predicted molar refractivity (Wildman–Crippen MR) is 79.0 cm³/mol. The monoisotopic (exact) mass is 264 g/mol. The molecule has 0 aromatic carbocycles. The average molecular weight is 264 g/mol. The summed E-state index contributed by atoms with van der Waals surface area (Å²) in [7, 11) is 0. The van der Waals surface area contributed by atoms with Crippen molar-refractivity contribution >= 4 is 0 Å². The van der Waals surface area contributed by atoms with E-state index in [0.29, 0.717) is 17.9 Å². The molecule has 1 aliphatic rings. The van der Waals surface area contributed by atoms with Crippen molar-refractivity contribution in [2.24, 2.45) is 11.8 Å². The van der Waals surface area contributed by atoms with Crippen molar-refractivity contribution in [1.29, 1.82) is 0 Å². The van der Waals surface area contributed by atoms with Gasteiger partial charge in [0.1, 0.15) is 5.82 Å². The van der Waals surface area contributed by atoms with Crippen LogP contribution in [-0.4, -0.2) is 40.1 Å². The molecule has 1 aromatic rings. The highest BCUT2D eigenvalue weighted by Crippen LogP contribution is 2.17. The Kier molecular flexibility index (Phi) is 4.99. The molecule has 0 radical (unpaired) electrons. The zero-order chi connectivity index (χ0) is 13.8. The molecule has 2 rings (SSSR count). The fraction of sp³-hybridized carbons (Fsp3) is 0.800. The molecule has 0 amide bonds. The number of nitrogens with one attached hydrogen (secondary N) is 1. The molecular formula is C15H28N4. The van der Waals surface area contributed by atoms with Crippen LogP contribution >= 0.6 is 0 Å². The van der Waals surface area contributed by atoms with Gasteiger partial charge in [0.05, 0.1) is 6.54 Å². The molecule has 0 fully saturated rings. The van der Waals surface area contributed by atoms with Crippen LogP contribution in [0.5, 0.6) is 0 Å². The third-order valence-electron chi connectivity index (χ3n) is 3.92. The maximum atomic E-state index is 4.46. The van der Waals surface area contributed by atoms with Crippen molar-refractivity contribution in [2.75, 3.05) is 19.6 Å². The van der Waals surface area contributed by atoms with Crippen LogP contribution < -0.4 is 5.32 Å². The molecule has 108 valence electrons. The van der Waals surface area contributed by atoms with Crippen LogP contribution in [-0.2, 0) is 13.1 Å². The van der Waals surface area contributed by atoms with E-state index in [9.17, 15) is 0 Å². The highest BCUT2D eigenvalue weighted by Gasteiger charge is 2.25. The van der Waals surface area contributed by atoms with Gasteiger partial charge in [-0.1, -0.05) is 27.7 Å². The Morgan fingerprint density at radius 1 is 1.21 bits per heavy atom. The smallest absolute Gasteiger partial charge is 0.122 e. The van der Waals surface area contributed by atoms with Crippen molar-refractivity contribution in [3.8, 4) is 0 Å². The molecule has 2 heterocycles. The SMILES string of the molecule is CC(C)CNCC(C(C)C)N1CCn2ccnc2C1. The van der Waals surface area contributed by atoms with Crippen LogP contribution in [0.15, 0.2) is 12.4 Å². The maximum absolute atomic E-state index is 4.46. The highest BCUT2D eigenvalue weighted by molar-refractivity contribution is 4.97. The summed E-state index contributed by atoms with van der Waals surface area (Å²) in [5, 5.41) is 3.61. The van der Waals surface area contributed by atoms with Gasteiger partial charge in [0.25, 0.3) is 0 Å². The van der Waals surface area contributed by atoms with Crippen LogP contribution in [0.4, 0.5) is 0 Å². The normalized spacial score (nSPS) is 18.0. The Balaban J connectivity index is 1.93. The zero-order valence-electron chi connectivity index (χ0n) is 12.8. The second kappa shape index (κ2) is 6.53. The van der Waals surface area contributed by atoms with Crippen molar-refractivity contribution in [1.82, 2.24) is 19.8 Å². The molecule has 1 N–H and O–H groups in total. The summed E-state index contributed by atoms with van der Waals surface area (Å²) >= 11 is 0. The van der Waals surface area contributed by atoms with Crippen molar-refractivity contribution in [3.05, 3.63) is 18.2 Å². The molecular weight excluding hydrogens is 236 g/mol. The van der Waals surface area contributed by atoms with Gasteiger partial charge in [-0.2, -0.15) is 0 Å². The number of rotatable bonds is 6. The lowest BCUT2D eigenvalue weighted by molar-refractivity contribution is 0.116. The second-order valence-electron chi connectivity index (χ2n) is 6.37. The lowest BCUT2D eigenvalue weighted by Gasteiger charge is -2.37. The average Bonchev–Trinajstić information content (AvgIpc) is 2.80. The first-order valence-corrected chi connectivity index (χ1v) is 7.52. The Morgan fingerprint density at radius 2 is 2.00 bits per heavy atom. The Morgan fingerprint density at radius 3 is 2.68 bits per heavy atom. The van der Waals surface area contributed by atoms with Gasteiger partial charge >= 0.3 is 0 Å². The summed E-state index contributed by atoms with van der Waals surface area (Å²) in [6.07, 6.45) is 4.01. The molecule has 0 bridgehead atoms. The molecule has 19 heavy (non-hydrogen) atoms. The second-order valence-corrected chi connectivity index (χ2v) is 6.37. The number of aromatic nitrogens is 2. The number of hydrogen-bond acceptors (Lipinski definition) is 3. The molecule has 0 saturated heterocycles. The lowest BCUT2D eigenvalue weighted by Crippen LogP contribution is -2.49. The zero-order valence-corrected chi connectivity index (χ0v) is 12.8. The molecule has 0 aliphatic carbocycles. The predicted octanol–water partition coefficient (Wildman–Crippen LogP) is 1.97. The van der Waals surface area contributed by atoms with Crippen LogP contribution in [0.2, 0.25) is 0 Å². The molecule has 0 saturated carbocycles. The standard InChI is InChI=1S/C15H28N4/c1-12(2)9-16-10-14(13(3)4)19-8-7-18-6-5-17-15(18)11-19/h5-6,12-14,16H,7-11H2,1-4H3. The van der Waals surface area contributed by atoms with Gasteiger partial charge in [0.15, 0.2) is 0 Å². The first-order chi connectivity index (χ1) is 9.08. The van der Waals surface area contributed by atoms with E-state index in [2.05, 4.69) is 53.7 Å². The van der Waals surface area contributed by atoms with Crippen molar-refractivity contribution in [2.45, 2.75) is 46.8 Å². The minimum absolute atomic E-state index is 0.601. The summed E-state index contributed by atoms with van der Waals surface area (Å²) in [6, 6.07) is 0.601. The van der Waals surface area contributed by atoms with Gasteiger partial charge in [-0.3, -0.25) is 4.90 Å². The fourth-order valence-electron chi connectivity index (χ4n) is 2.78. The van der Waals surface area contributed by atoms with E-state index in [4.69, 9.17) is 0 Å². The van der Waals surface area contributed by atoms with Crippen LogP contribution in [0, 0.1) is 11.8 Å². The fourth-order valence-corrected chi connectivity index (χ4v) is 2.78. The maximum Gasteiger partial charge on any atom is 0.122 e. The summed E-state index contributed by atoms with van der Waals surface area (Å²) in [5.41, 5.74) is 0. The third-order valence-corrected chi connectivity index (χ3v) is 3.92. The molecule has 1 aliphatic heterocycles. The Bertz CT molecular complexity index is 383. The van der Waals surface area contributed by atoms with E-state index < -0.39 is 0 Å². The Hall–Kier alpha value is -0.870. The minimum Gasteiger partial charge on any atom is -0.333 e. The number of hydrogen-bond donors (Lipinski definition) is 1. The summed E-state index contributed by atoms with van der Waals surface area (Å²) in [6.45, 7) is 14.5. The van der Waals surface area contributed by atoms with E-state index in [1.165, 1.54) is 5.82 Å². The van der Waals surface area contributed by atoms with E-state index in [0.717, 1.165) is 32.7 Å². The number of imidazole rings is 1. The quantitative estimate of drug-likeness (QED) is 0.853. The van der Waals surface area contributed by atoms with Crippen molar-refractivity contribution < 1.29 is 0 Å². The topological polar surface area (TPSA) is 33.1 Å². The van der Waals surface area contributed by atoms with Crippen molar-refractivity contribution in [3.63, 3.8) is 0 Å². The molecule has 0 spiro atoms. The molecule has 4 heteroatoms. The molecule has 4 nitrogen and oxygen atoms in total. The van der Waals surface area contributed by atoms with E-state index in [1.807, 2.05) is 6.20 Å². The first-order valence-electron chi connectivity index (χ1n) is 7.52. The third kappa shape index (κ3) is 3.80. The highest BCUT2D eigenvalue weighted by atomic mass is 15.3. The summed E-state index contributed by atoms with van der Waals surface area (Å²) < 4.78 is 2.27. The molecule has 1 atom stereocenters. The first kappa shape index (κ1) is 14.5. The van der Waals surface area contributed by atoms with Gasteiger partial charge in [-0.25, -0.2) is 4.98 Å². The summed E-state index contributed by atoms with van der Waals surface area (Å²) in [5.74, 6) is 2.59. The molecule has 1 unspecified atom stereocenters. The molecule has 1 aromatic heterocycles. The van der Waals surface area contributed by atoms with Crippen LogP contribution in [0.1, 0.15) is 33.5 Å². The minimum atomic E-state index is 0.601. The van der Waals surface area contributed by atoms with E-state index >= 15 is 0 Å². The lowest BCUT2D eigenvalue weighted by atomic mass is 10.0.